The molecule has 0 aliphatic carbocycles. The summed E-state index contributed by atoms with van der Waals surface area (Å²) < 4.78 is 10.7. The lowest BCUT2D eigenvalue weighted by Gasteiger charge is -2.25. The molecule has 6 heteroatoms. The highest BCUT2D eigenvalue weighted by Crippen LogP contribution is 2.01. The lowest BCUT2D eigenvalue weighted by Crippen LogP contribution is -2.52. The first-order chi connectivity index (χ1) is 7.05. The van der Waals surface area contributed by atoms with Gasteiger partial charge >= 0.3 is 0 Å². The minimum atomic E-state index is -1.71. The Labute approximate surface area is 91.6 Å². The Kier molecular flexibility index (Phi) is 4.71. The minimum absolute atomic E-state index is 0.0418. The zero-order chi connectivity index (χ0) is 11.3. The number of rotatable bonds is 4. The maximum absolute atomic E-state index is 11.7. The van der Waals surface area contributed by atoms with E-state index in [0.29, 0.717) is 19.3 Å². The van der Waals surface area contributed by atoms with Gasteiger partial charge in [-0.05, 0) is 13.1 Å². The average molecular weight is 232 g/mol. The van der Waals surface area contributed by atoms with Gasteiger partial charge in [-0.3, -0.25) is 4.79 Å². The van der Waals surface area contributed by atoms with Crippen LogP contribution in [0.15, 0.2) is 0 Å². The molecule has 0 aromatic carbocycles. The van der Waals surface area contributed by atoms with Crippen LogP contribution < -0.4 is 10.6 Å². The molecule has 88 valence electrons. The molecule has 15 heavy (non-hydrogen) atoms. The van der Waals surface area contributed by atoms with Gasteiger partial charge in [0.05, 0.1) is 6.61 Å². The number of carbonyl (C=O) groups is 1. The van der Waals surface area contributed by atoms with E-state index in [4.69, 9.17) is 9.16 Å². The third-order valence-electron chi connectivity index (χ3n) is 2.46. The maximum atomic E-state index is 11.7. The highest BCUT2D eigenvalue weighted by molar-refractivity contribution is 6.71. The van der Waals surface area contributed by atoms with Gasteiger partial charge in [-0.25, -0.2) is 0 Å². The molecule has 1 amide bonds. The summed E-state index contributed by atoms with van der Waals surface area (Å²) in [4.78, 5) is 11.7. The molecule has 1 heterocycles. The van der Waals surface area contributed by atoms with Gasteiger partial charge in [0.2, 0.25) is 14.2 Å². The largest absolute Gasteiger partial charge is 0.419 e. The van der Waals surface area contributed by atoms with Crippen molar-refractivity contribution in [1.82, 2.24) is 10.6 Å². The predicted molar refractivity (Wildman–Crippen MR) is 60.1 cm³/mol. The first-order valence-corrected chi connectivity index (χ1v) is 8.32. The zero-order valence-corrected chi connectivity index (χ0v) is 10.6. The van der Waals surface area contributed by atoms with Gasteiger partial charge in [-0.2, -0.15) is 0 Å². The third kappa shape index (κ3) is 4.29. The number of carbonyl (C=O) groups excluding carboxylic acids is 1. The van der Waals surface area contributed by atoms with E-state index in [1.165, 1.54) is 0 Å². The molecule has 0 saturated carbocycles. The summed E-state index contributed by atoms with van der Waals surface area (Å²) in [5.74, 6) is -0.0418. The fourth-order valence-corrected chi connectivity index (χ4v) is 1.96. The van der Waals surface area contributed by atoms with Crippen molar-refractivity contribution in [2.45, 2.75) is 19.2 Å². The van der Waals surface area contributed by atoms with Crippen LogP contribution in [0, 0.1) is 0 Å². The molecule has 0 bridgehead atoms. The van der Waals surface area contributed by atoms with E-state index >= 15 is 0 Å². The number of hydrogen-bond donors (Lipinski definition) is 2. The van der Waals surface area contributed by atoms with Crippen molar-refractivity contribution in [3.63, 3.8) is 0 Å². The number of amides is 1. The molecule has 1 fully saturated rings. The van der Waals surface area contributed by atoms with E-state index in [9.17, 15) is 4.79 Å². The molecular formula is C9H20N2O3Si. The normalized spacial score (nSPS) is 22.5. The summed E-state index contributed by atoms with van der Waals surface area (Å²) in [5.41, 5.74) is 0. The Morgan fingerprint density at radius 2 is 2.40 bits per heavy atom. The molecule has 5 nitrogen and oxygen atoms in total. The molecular weight excluding hydrogens is 212 g/mol. The summed E-state index contributed by atoms with van der Waals surface area (Å²) in [5, 5.41) is 6.00. The van der Waals surface area contributed by atoms with Crippen LogP contribution in [0.1, 0.15) is 0 Å². The second kappa shape index (κ2) is 5.60. The van der Waals surface area contributed by atoms with E-state index < -0.39 is 8.32 Å². The van der Waals surface area contributed by atoms with E-state index in [0.717, 1.165) is 6.54 Å². The summed E-state index contributed by atoms with van der Waals surface area (Å²) in [6, 6.07) is 0. The van der Waals surface area contributed by atoms with E-state index in [1.54, 1.807) is 7.11 Å². The molecule has 0 aromatic heterocycles. The van der Waals surface area contributed by atoms with Gasteiger partial charge in [-0.1, -0.05) is 0 Å². The molecule has 1 saturated heterocycles. The zero-order valence-electron chi connectivity index (χ0n) is 9.63. The first kappa shape index (κ1) is 12.6. The van der Waals surface area contributed by atoms with Crippen molar-refractivity contribution in [1.29, 1.82) is 0 Å². The Balaban J connectivity index is 2.28. The third-order valence-corrected chi connectivity index (χ3v) is 4.59. The van der Waals surface area contributed by atoms with Crippen LogP contribution in [0.4, 0.5) is 0 Å². The Morgan fingerprint density at radius 3 is 2.93 bits per heavy atom. The van der Waals surface area contributed by atoms with Gasteiger partial charge in [0.1, 0.15) is 6.10 Å². The standard InChI is InChI=1S/C9H20N2O3Si/c1-13-15(2,3)7-11-9(12)8-6-10-4-5-14-8/h8,10H,4-7H2,1-3H3,(H,11,12). The average Bonchev–Trinajstić information content (AvgIpc) is 2.27. The topological polar surface area (TPSA) is 59.6 Å². The van der Waals surface area contributed by atoms with E-state index in [2.05, 4.69) is 23.7 Å². The number of morpholine rings is 1. The number of hydrogen-bond acceptors (Lipinski definition) is 4. The predicted octanol–water partition coefficient (Wildman–Crippen LogP) is -0.518. The summed E-state index contributed by atoms with van der Waals surface area (Å²) in [6.45, 7) is 6.15. The minimum Gasteiger partial charge on any atom is -0.419 e. The van der Waals surface area contributed by atoms with E-state index in [-0.39, 0.29) is 12.0 Å². The smallest absolute Gasteiger partial charge is 0.250 e. The molecule has 1 aliphatic heterocycles. The Bertz CT molecular complexity index is 217. The van der Waals surface area contributed by atoms with Gasteiger partial charge in [-0.15, -0.1) is 0 Å². The monoisotopic (exact) mass is 232 g/mol. The molecule has 1 atom stereocenters. The van der Waals surface area contributed by atoms with Crippen LogP contribution in [0.25, 0.3) is 0 Å². The molecule has 0 spiro atoms. The second-order valence-electron chi connectivity index (χ2n) is 4.25. The summed E-state index contributed by atoms with van der Waals surface area (Å²) in [7, 11) is -0.0200. The lowest BCUT2D eigenvalue weighted by molar-refractivity contribution is -0.133. The van der Waals surface area contributed by atoms with Crippen LogP contribution in [-0.2, 0) is 14.0 Å². The highest BCUT2D eigenvalue weighted by Gasteiger charge is 2.26. The van der Waals surface area contributed by atoms with Gasteiger partial charge in [0.15, 0.2) is 0 Å². The van der Waals surface area contributed by atoms with Gasteiger partial charge in [0.25, 0.3) is 0 Å². The number of ether oxygens (including phenoxy) is 1. The molecule has 1 rings (SSSR count). The summed E-state index contributed by atoms with van der Waals surface area (Å²) in [6.07, 6.45) is 0.280. The maximum Gasteiger partial charge on any atom is 0.250 e. The van der Waals surface area contributed by atoms with Crippen molar-refractivity contribution < 1.29 is 14.0 Å². The Morgan fingerprint density at radius 1 is 1.67 bits per heavy atom. The van der Waals surface area contributed by atoms with Crippen LogP contribution in [0.2, 0.25) is 13.1 Å². The molecule has 2 N–H and O–H groups in total. The van der Waals surface area contributed by atoms with Crippen LogP contribution in [-0.4, -0.2) is 53.3 Å². The molecule has 1 unspecified atom stereocenters. The fourth-order valence-electron chi connectivity index (χ4n) is 1.22. The highest BCUT2D eigenvalue weighted by atomic mass is 28.4. The quantitative estimate of drug-likeness (QED) is 0.641. The van der Waals surface area contributed by atoms with Crippen molar-refractivity contribution in [3.8, 4) is 0 Å². The van der Waals surface area contributed by atoms with Crippen molar-refractivity contribution in [2.24, 2.45) is 0 Å². The molecule has 1 aliphatic rings. The van der Waals surface area contributed by atoms with E-state index in [1.807, 2.05) is 0 Å². The van der Waals surface area contributed by atoms with Crippen LogP contribution >= 0.6 is 0 Å². The molecule has 0 aromatic rings. The van der Waals surface area contributed by atoms with Gasteiger partial charge in [0, 0.05) is 26.4 Å². The number of nitrogens with one attached hydrogen (secondary N) is 2. The molecule has 0 radical (unpaired) electrons. The van der Waals surface area contributed by atoms with Crippen molar-refractivity contribution in [2.75, 3.05) is 33.0 Å². The van der Waals surface area contributed by atoms with Crippen molar-refractivity contribution in [3.05, 3.63) is 0 Å². The fraction of sp³-hybridized carbons (Fsp3) is 0.889. The summed E-state index contributed by atoms with van der Waals surface area (Å²) >= 11 is 0. The van der Waals surface area contributed by atoms with Crippen LogP contribution in [0.3, 0.4) is 0 Å². The van der Waals surface area contributed by atoms with Gasteiger partial charge < -0.3 is 19.8 Å². The Hall–Kier alpha value is -0.433. The van der Waals surface area contributed by atoms with Crippen molar-refractivity contribution >= 4 is 14.2 Å². The SMILES string of the molecule is CO[Si](C)(C)CNC(=O)C1CNCCO1. The first-order valence-electron chi connectivity index (χ1n) is 5.20. The second-order valence-corrected chi connectivity index (χ2v) is 8.53. The van der Waals surface area contributed by atoms with Crippen LogP contribution in [0.5, 0.6) is 0 Å². The lowest BCUT2D eigenvalue weighted by atomic mass is 10.3.